The Morgan fingerprint density at radius 2 is 1.71 bits per heavy atom. The summed E-state index contributed by atoms with van der Waals surface area (Å²) in [7, 11) is 3.11. The summed E-state index contributed by atoms with van der Waals surface area (Å²) in [6.07, 6.45) is 0. The van der Waals surface area contributed by atoms with Gasteiger partial charge in [-0.1, -0.05) is 0 Å². The Bertz CT molecular complexity index is 53.7. The molecule has 0 aliphatic heterocycles. The van der Waals surface area contributed by atoms with Crippen LogP contribution in [0.1, 0.15) is 0 Å². The van der Waals surface area contributed by atoms with Crippen LogP contribution in [0.3, 0.4) is 0 Å². The third-order valence-electron chi connectivity index (χ3n) is 0. The van der Waals surface area contributed by atoms with E-state index in [1.807, 2.05) is 0 Å². The maximum absolute atomic E-state index is 8.11. The molecule has 0 saturated heterocycles. The van der Waals surface area contributed by atoms with Crippen molar-refractivity contribution >= 4 is 0 Å². The molecule has 0 aromatic rings. The van der Waals surface area contributed by atoms with Crippen LogP contribution in [0.5, 0.6) is 0 Å². The lowest BCUT2D eigenvalue weighted by atomic mass is 11.2. The summed E-state index contributed by atoms with van der Waals surface area (Å²) in [6, 6.07) is 0. The highest BCUT2D eigenvalue weighted by molar-refractivity contribution is 4.43. The second-order valence-corrected chi connectivity index (χ2v) is 0.929. The van der Waals surface area contributed by atoms with Crippen LogP contribution < -0.4 is 0 Å². The van der Waals surface area contributed by atoms with Gasteiger partial charge in [0.25, 0.3) is 0 Å². The highest BCUT2D eigenvalue weighted by atomic mass is 16.5. The standard InChI is InChI=1S/C2H7NO.N2O/c1-3(2)4;1-2-3/h4H,1-2H3;. The molecule has 42 valence electrons. The largest absolute Gasteiger partial charge is 0.463 e. The molecule has 5 nitrogen and oxygen atoms in total. The van der Waals surface area contributed by atoms with E-state index >= 15 is 0 Å². The highest BCUT2D eigenvalue weighted by Gasteiger charge is 1.59. The molecule has 0 unspecified atom stereocenters. The molecule has 0 fully saturated rings. The van der Waals surface area contributed by atoms with Gasteiger partial charge < -0.3 is 10.4 Å². The second-order valence-electron chi connectivity index (χ2n) is 0.929. The van der Waals surface area contributed by atoms with E-state index in [4.69, 9.17) is 15.8 Å². The minimum Gasteiger partial charge on any atom is -0.463 e. The van der Waals surface area contributed by atoms with Gasteiger partial charge in [-0.2, -0.15) is 5.06 Å². The second kappa shape index (κ2) is 8.94. The SMILES string of the molecule is CN(C)O.N#[N+][O-]. The molecule has 0 aliphatic rings. The molecule has 1 N–H and O–H groups in total. The van der Waals surface area contributed by atoms with Gasteiger partial charge in [-0.3, -0.25) is 0 Å². The Morgan fingerprint density at radius 3 is 1.71 bits per heavy atom. The minimum atomic E-state index is 1.00. The fraction of sp³-hybridized carbons (Fsp3) is 1.00. The number of rotatable bonds is 0. The van der Waals surface area contributed by atoms with Crippen LogP contribution >= 0.6 is 0 Å². The van der Waals surface area contributed by atoms with Gasteiger partial charge in [-0.25, -0.2) is 0 Å². The quantitative estimate of drug-likeness (QED) is 0.354. The van der Waals surface area contributed by atoms with E-state index in [1.54, 1.807) is 14.1 Å². The first-order valence-electron chi connectivity index (χ1n) is 1.48. The van der Waals surface area contributed by atoms with E-state index in [1.165, 1.54) is 5.14 Å². The smallest absolute Gasteiger partial charge is 0.237 e. The van der Waals surface area contributed by atoms with Crippen LogP contribution in [0.4, 0.5) is 0 Å². The van der Waals surface area contributed by atoms with Crippen LogP contribution in [0.2, 0.25) is 0 Å². The topological polar surface area (TPSA) is 74.7 Å². The van der Waals surface area contributed by atoms with Crippen molar-refractivity contribution in [3.05, 3.63) is 10.3 Å². The molecule has 7 heavy (non-hydrogen) atoms. The summed E-state index contributed by atoms with van der Waals surface area (Å²) in [6.45, 7) is 0. The zero-order chi connectivity index (χ0) is 6.28. The summed E-state index contributed by atoms with van der Waals surface area (Å²) in [5.74, 6) is 0. The van der Waals surface area contributed by atoms with Crippen LogP contribution in [0.25, 0.3) is 5.14 Å². The predicted octanol–water partition coefficient (Wildman–Crippen LogP) is 0.274. The van der Waals surface area contributed by atoms with Gasteiger partial charge in [-0.05, 0) is 0 Å². The van der Waals surface area contributed by atoms with Crippen molar-refractivity contribution in [3.63, 3.8) is 0 Å². The molecule has 0 radical (unpaired) electrons. The molecule has 0 bridgehead atoms. The Kier molecular flexibility index (Phi) is 12.1. The Hall–Kier alpha value is -0.860. The zero-order valence-electron chi connectivity index (χ0n) is 4.20. The molecule has 0 aromatic carbocycles. The molecule has 0 spiro atoms. The van der Waals surface area contributed by atoms with Gasteiger partial charge in [-0.15, -0.1) is 0 Å². The lowest BCUT2D eigenvalue weighted by molar-refractivity contribution is -0.0372. The first-order chi connectivity index (χ1) is 3.15. The maximum atomic E-state index is 8.11. The monoisotopic (exact) mass is 105 g/mol. The van der Waals surface area contributed by atoms with E-state index in [-0.39, 0.29) is 0 Å². The summed E-state index contributed by atoms with van der Waals surface area (Å²) >= 11 is 0. The summed E-state index contributed by atoms with van der Waals surface area (Å²) < 4.78 is 0. The van der Waals surface area contributed by atoms with Gasteiger partial charge >= 0.3 is 0 Å². The summed E-state index contributed by atoms with van der Waals surface area (Å²) in [5, 5.41) is 24.9. The van der Waals surface area contributed by atoms with Crippen LogP contribution in [0, 0.1) is 10.6 Å². The van der Waals surface area contributed by atoms with Crippen LogP contribution in [-0.2, 0) is 0 Å². The molecule has 0 aromatic heterocycles. The predicted molar refractivity (Wildman–Crippen MR) is 23.9 cm³/mol. The van der Waals surface area contributed by atoms with Gasteiger partial charge in [0.15, 0.2) is 0 Å². The molecular weight excluding hydrogens is 98.0 g/mol. The summed E-state index contributed by atoms with van der Waals surface area (Å²) in [5.41, 5.74) is 0. The van der Waals surface area contributed by atoms with Gasteiger partial charge in [0.2, 0.25) is 10.5 Å². The maximum Gasteiger partial charge on any atom is 0.237 e. The van der Waals surface area contributed by atoms with Gasteiger partial charge in [0.05, 0.1) is 0 Å². The van der Waals surface area contributed by atoms with Crippen molar-refractivity contribution < 1.29 is 5.21 Å². The summed E-state index contributed by atoms with van der Waals surface area (Å²) in [4.78, 5) is 0. The Morgan fingerprint density at radius 1 is 1.71 bits per heavy atom. The fourth-order valence-electron chi connectivity index (χ4n) is 0. The lowest BCUT2D eigenvalue weighted by Crippen LogP contribution is -2.01. The molecule has 5 heteroatoms. The number of hydrogen-bond donors (Lipinski definition) is 1. The van der Waals surface area contributed by atoms with Crippen LogP contribution in [0.15, 0.2) is 0 Å². The fourth-order valence-corrected chi connectivity index (χ4v) is 0. The molecule has 0 aliphatic carbocycles. The van der Waals surface area contributed by atoms with Crippen molar-refractivity contribution in [1.29, 1.82) is 5.39 Å². The van der Waals surface area contributed by atoms with E-state index in [9.17, 15) is 0 Å². The first kappa shape index (κ1) is 9.46. The van der Waals surface area contributed by atoms with Crippen molar-refractivity contribution in [3.8, 4) is 0 Å². The van der Waals surface area contributed by atoms with Crippen molar-refractivity contribution in [1.82, 2.24) is 5.06 Å². The molecule has 0 rings (SSSR count). The molecule has 0 amide bonds. The zero-order valence-corrected chi connectivity index (χ0v) is 4.20. The van der Waals surface area contributed by atoms with Crippen LogP contribution in [-0.4, -0.2) is 24.4 Å². The molecular formula is C2H7N3O2. The number of hydroxylamine groups is 2. The van der Waals surface area contributed by atoms with E-state index in [0.717, 1.165) is 5.06 Å². The highest BCUT2D eigenvalue weighted by Crippen LogP contribution is 1.46. The first-order valence-corrected chi connectivity index (χ1v) is 1.48. The van der Waals surface area contributed by atoms with E-state index in [0.29, 0.717) is 0 Å². The number of diazo groups is 1. The van der Waals surface area contributed by atoms with Gasteiger partial charge in [0.1, 0.15) is 0 Å². The van der Waals surface area contributed by atoms with Crippen molar-refractivity contribution in [2.24, 2.45) is 0 Å². The molecule has 0 atom stereocenters. The number of nitrogens with zero attached hydrogens (tertiary/aromatic N) is 3. The molecule has 0 saturated carbocycles. The van der Waals surface area contributed by atoms with Crippen molar-refractivity contribution in [2.75, 3.05) is 14.1 Å². The third kappa shape index (κ3) is 68.5. The number of hydrogen-bond acceptors (Lipinski definition) is 4. The van der Waals surface area contributed by atoms with E-state index < -0.39 is 0 Å². The Balaban J connectivity index is 0. The third-order valence-corrected chi connectivity index (χ3v) is 0. The molecule has 0 heterocycles. The van der Waals surface area contributed by atoms with Crippen molar-refractivity contribution in [2.45, 2.75) is 0 Å². The average Bonchev–Trinajstić information content (AvgIpc) is 1.33. The average molecular weight is 105 g/mol. The van der Waals surface area contributed by atoms with Gasteiger partial charge in [0, 0.05) is 14.1 Å². The minimum absolute atomic E-state index is 1.00. The van der Waals surface area contributed by atoms with E-state index in [2.05, 4.69) is 0 Å². The lowest BCUT2D eigenvalue weighted by Gasteiger charge is -1.89. The normalized spacial score (nSPS) is 6.14. The Labute approximate surface area is 41.3 Å².